The molecule has 1 aromatic carbocycles. The lowest BCUT2D eigenvalue weighted by molar-refractivity contribution is 0.0949. The number of amides is 1. The number of hydrogen-bond donors (Lipinski definition) is 4. The molecule has 2 aromatic heterocycles. The zero-order valence-electron chi connectivity index (χ0n) is 13.7. The fraction of sp³-hybridized carbons (Fsp3) is 0.333. The van der Waals surface area contributed by atoms with Gasteiger partial charge in [0.1, 0.15) is 22.6 Å². The lowest BCUT2D eigenvalue weighted by Gasteiger charge is -2.23. The molecule has 1 atom stereocenters. The number of carbonyl (C=O) groups is 1. The molecule has 1 amide bonds. The molecule has 1 aliphatic rings. The summed E-state index contributed by atoms with van der Waals surface area (Å²) >= 11 is 1.56. The van der Waals surface area contributed by atoms with Crippen LogP contribution in [0.3, 0.4) is 0 Å². The molecule has 7 heteroatoms. The van der Waals surface area contributed by atoms with E-state index in [1.807, 2.05) is 17.5 Å². The van der Waals surface area contributed by atoms with Crippen molar-refractivity contribution < 1.29 is 9.90 Å². The third-order valence-electron chi connectivity index (χ3n) is 4.54. The van der Waals surface area contributed by atoms with Crippen molar-refractivity contribution in [1.29, 1.82) is 0 Å². The van der Waals surface area contributed by atoms with E-state index >= 15 is 0 Å². The summed E-state index contributed by atoms with van der Waals surface area (Å²) in [6.45, 7) is 1.61. The highest BCUT2D eigenvalue weighted by molar-refractivity contribution is 7.13. The van der Waals surface area contributed by atoms with E-state index in [0.29, 0.717) is 35.0 Å². The van der Waals surface area contributed by atoms with Crippen molar-refractivity contribution in [2.75, 3.05) is 13.1 Å². The predicted molar refractivity (Wildman–Crippen MR) is 99.0 cm³/mol. The topological polar surface area (TPSA) is 90.0 Å². The third-order valence-corrected chi connectivity index (χ3v) is 5.42. The van der Waals surface area contributed by atoms with Crippen LogP contribution in [0.25, 0.3) is 21.7 Å². The van der Waals surface area contributed by atoms with Gasteiger partial charge in [0, 0.05) is 12.6 Å². The number of piperidine rings is 1. The highest BCUT2D eigenvalue weighted by Crippen LogP contribution is 2.30. The summed E-state index contributed by atoms with van der Waals surface area (Å²) in [7, 11) is 0. The molecule has 0 bridgehead atoms. The van der Waals surface area contributed by atoms with Crippen LogP contribution in [-0.4, -0.2) is 40.1 Å². The summed E-state index contributed by atoms with van der Waals surface area (Å²) in [4.78, 5) is 21.3. The second-order valence-electron chi connectivity index (χ2n) is 6.28. The summed E-state index contributed by atoms with van der Waals surface area (Å²) in [5.41, 5.74) is 1.46. The maximum atomic E-state index is 12.6. The molecule has 4 rings (SSSR count). The molecule has 3 heterocycles. The third kappa shape index (κ3) is 3.25. The number of nitrogens with one attached hydrogen (secondary N) is 3. The average molecular weight is 356 g/mol. The number of aromatic hydroxyl groups is 1. The first-order valence-corrected chi connectivity index (χ1v) is 9.37. The smallest absolute Gasteiger partial charge is 0.253 e. The Kier molecular flexibility index (Phi) is 4.42. The van der Waals surface area contributed by atoms with E-state index in [1.54, 1.807) is 17.4 Å². The lowest BCUT2D eigenvalue weighted by atomic mass is 10.0. The fourth-order valence-electron chi connectivity index (χ4n) is 3.20. The van der Waals surface area contributed by atoms with Gasteiger partial charge in [0.05, 0.1) is 10.4 Å². The molecule has 0 saturated carbocycles. The normalized spacial score (nSPS) is 17.7. The van der Waals surface area contributed by atoms with Gasteiger partial charge in [-0.1, -0.05) is 12.5 Å². The Bertz CT molecular complexity index is 882. The van der Waals surface area contributed by atoms with E-state index in [0.717, 1.165) is 17.8 Å². The Morgan fingerprint density at radius 3 is 3.04 bits per heavy atom. The van der Waals surface area contributed by atoms with Crippen LogP contribution in [0.5, 0.6) is 5.75 Å². The van der Waals surface area contributed by atoms with Crippen LogP contribution in [0.15, 0.2) is 29.6 Å². The quantitative estimate of drug-likeness (QED) is 0.579. The van der Waals surface area contributed by atoms with Gasteiger partial charge in [-0.3, -0.25) is 4.79 Å². The number of H-pyrrole nitrogens is 1. The predicted octanol–water partition coefficient (Wildman–Crippen LogP) is 2.87. The first kappa shape index (κ1) is 16.1. The lowest BCUT2D eigenvalue weighted by Crippen LogP contribution is -2.43. The van der Waals surface area contributed by atoms with Gasteiger partial charge >= 0.3 is 0 Å². The van der Waals surface area contributed by atoms with E-state index in [1.165, 1.54) is 18.9 Å². The van der Waals surface area contributed by atoms with Crippen molar-refractivity contribution in [3.63, 3.8) is 0 Å². The Morgan fingerprint density at radius 2 is 2.28 bits per heavy atom. The largest absolute Gasteiger partial charge is 0.506 e. The SMILES string of the molecule is O=C(NCC1CCCCN1)c1ccc(O)c2[nH]c(-c3cccs3)nc12. The Hall–Kier alpha value is -2.38. The molecule has 0 radical (unpaired) electrons. The van der Waals surface area contributed by atoms with Crippen LogP contribution in [0.2, 0.25) is 0 Å². The van der Waals surface area contributed by atoms with Crippen LogP contribution >= 0.6 is 11.3 Å². The van der Waals surface area contributed by atoms with Crippen LogP contribution in [0.4, 0.5) is 0 Å². The number of benzene rings is 1. The molecule has 6 nitrogen and oxygen atoms in total. The molecule has 1 saturated heterocycles. The van der Waals surface area contributed by atoms with Crippen molar-refractivity contribution in [3.8, 4) is 16.5 Å². The van der Waals surface area contributed by atoms with Crippen molar-refractivity contribution in [3.05, 3.63) is 35.2 Å². The van der Waals surface area contributed by atoms with E-state index in [9.17, 15) is 9.90 Å². The van der Waals surface area contributed by atoms with Crippen LogP contribution < -0.4 is 10.6 Å². The zero-order chi connectivity index (χ0) is 17.2. The molecule has 1 unspecified atom stereocenters. The van der Waals surface area contributed by atoms with Gasteiger partial charge in [-0.2, -0.15) is 0 Å². The zero-order valence-corrected chi connectivity index (χ0v) is 14.5. The number of rotatable bonds is 4. The van der Waals surface area contributed by atoms with Crippen molar-refractivity contribution >= 4 is 28.3 Å². The summed E-state index contributed by atoms with van der Waals surface area (Å²) in [6, 6.07) is 7.38. The van der Waals surface area contributed by atoms with Gasteiger partial charge in [-0.05, 0) is 43.0 Å². The maximum absolute atomic E-state index is 12.6. The van der Waals surface area contributed by atoms with Crippen molar-refractivity contribution in [1.82, 2.24) is 20.6 Å². The molecule has 1 fully saturated rings. The molecule has 0 spiro atoms. The Balaban J connectivity index is 1.60. The minimum absolute atomic E-state index is 0.0933. The molecule has 4 N–H and O–H groups in total. The molecule has 3 aromatic rings. The van der Waals surface area contributed by atoms with E-state index in [-0.39, 0.29) is 11.7 Å². The first-order valence-electron chi connectivity index (χ1n) is 8.49. The molecular weight excluding hydrogens is 336 g/mol. The molecule has 130 valence electrons. The second kappa shape index (κ2) is 6.85. The molecule has 0 aliphatic carbocycles. The minimum Gasteiger partial charge on any atom is -0.506 e. The number of thiophene rings is 1. The van der Waals surface area contributed by atoms with Gasteiger partial charge in [0.15, 0.2) is 0 Å². The van der Waals surface area contributed by atoms with Gasteiger partial charge in [-0.25, -0.2) is 4.98 Å². The van der Waals surface area contributed by atoms with Crippen molar-refractivity contribution in [2.24, 2.45) is 0 Å². The van der Waals surface area contributed by atoms with E-state index in [4.69, 9.17) is 0 Å². The second-order valence-corrected chi connectivity index (χ2v) is 7.22. The number of nitrogens with zero attached hydrogens (tertiary/aromatic N) is 1. The fourth-order valence-corrected chi connectivity index (χ4v) is 3.87. The standard InChI is InChI=1S/C18H20N4O2S/c23-13-7-6-12(18(24)20-10-11-4-1-2-8-19-11)15-16(13)22-17(21-15)14-5-3-9-25-14/h3,5-7,9,11,19,23H,1-2,4,8,10H2,(H,20,24)(H,21,22). The molecular formula is C18H20N4O2S. The number of hydrogen-bond acceptors (Lipinski definition) is 5. The Morgan fingerprint density at radius 1 is 1.36 bits per heavy atom. The first-order chi connectivity index (χ1) is 12.2. The van der Waals surface area contributed by atoms with Crippen LogP contribution in [-0.2, 0) is 0 Å². The number of carbonyl (C=O) groups excluding carboxylic acids is 1. The number of phenolic OH excluding ortho intramolecular Hbond substituents is 1. The summed E-state index contributed by atoms with van der Waals surface area (Å²) in [5.74, 6) is 0.590. The Labute approximate surface area is 149 Å². The van der Waals surface area contributed by atoms with Crippen molar-refractivity contribution in [2.45, 2.75) is 25.3 Å². The highest BCUT2D eigenvalue weighted by Gasteiger charge is 2.19. The number of phenols is 1. The van der Waals surface area contributed by atoms with Gasteiger partial charge in [0.2, 0.25) is 0 Å². The van der Waals surface area contributed by atoms with E-state index in [2.05, 4.69) is 20.6 Å². The summed E-state index contributed by atoms with van der Waals surface area (Å²) in [5, 5.41) is 18.5. The number of fused-ring (bicyclic) bond motifs is 1. The average Bonchev–Trinajstić information content (AvgIpc) is 3.30. The summed E-state index contributed by atoms with van der Waals surface area (Å²) < 4.78 is 0. The van der Waals surface area contributed by atoms with E-state index < -0.39 is 0 Å². The summed E-state index contributed by atoms with van der Waals surface area (Å²) in [6.07, 6.45) is 3.47. The van der Waals surface area contributed by atoms with Crippen LogP contribution in [0, 0.1) is 0 Å². The minimum atomic E-state index is -0.165. The number of aromatic amines is 1. The maximum Gasteiger partial charge on any atom is 0.253 e. The van der Waals surface area contributed by atoms with Crippen LogP contribution in [0.1, 0.15) is 29.6 Å². The number of aromatic nitrogens is 2. The van der Waals surface area contributed by atoms with Gasteiger partial charge in [-0.15, -0.1) is 11.3 Å². The highest BCUT2D eigenvalue weighted by atomic mass is 32.1. The number of imidazole rings is 1. The molecule has 1 aliphatic heterocycles. The molecule has 25 heavy (non-hydrogen) atoms. The van der Waals surface area contributed by atoms with Gasteiger partial charge in [0.25, 0.3) is 5.91 Å². The van der Waals surface area contributed by atoms with Gasteiger partial charge < -0.3 is 20.7 Å². The monoisotopic (exact) mass is 356 g/mol.